The molecule has 1 heterocycles. The Morgan fingerprint density at radius 3 is 1.95 bits per heavy atom. The highest BCUT2D eigenvalue weighted by Gasteiger charge is 2.14. The Morgan fingerprint density at radius 1 is 0.762 bits per heavy atom. The zero-order valence-corrected chi connectivity index (χ0v) is 10.8. The van der Waals surface area contributed by atoms with E-state index >= 15 is 0 Å². The Morgan fingerprint density at radius 2 is 1.33 bits per heavy atom. The molecule has 3 rings (SSSR count). The molecule has 0 aliphatic rings. The van der Waals surface area contributed by atoms with Gasteiger partial charge in [0.1, 0.15) is 17.4 Å². The van der Waals surface area contributed by atoms with Gasteiger partial charge in [0.15, 0.2) is 5.76 Å². The van der Waals surface area contributed by atoms with Gasteiger partial charge in [0.2, 0.25) is 5.78 Å². The van der Waals surface area contributed by atoms with Crippen molar-refractivity contribution in [1.29, 1.82) is 0 Å². The number of ketones is 1. The summed E-state index contributed by atoms with van der Waals surface area (Å²) in [6.07, 6.45) is 0. The van der Waals surface area contributed by atoms with Gasteiger partial charge in [-0.25, -0.2) is 8.78 Å². The van der Waals surface area contributed by atoms with Gasteiger partial charge in [0, 0.05) is 11.1 Å². The lowest BCUT2D eigenvalue weighted by molar-refractivity contribution is 0.101. The van der Waals surface area contributed by atoms with E-state index in [2.05, 4.69) is 0 Å². The number of carbonyl (C=O) groups is 1. The molecule has 0 fully saturated rings. The van der Waals surface area contributed by atoms with Gasteiger partial charge in [-0.05, 0) is 60.7 Å². The molecule has 1 aromatic heterocycles. The van der Waals surface area contributed by atoms with E-state index in [0.717, 1.165) is 0 Å². The van der Waals surface area contributed by atoms with Crippen molar-refractivity contribution in [2.75, 3.05) is 0 Å². The first-order chi connectivity index (χ1) is 10.1. The van der Waals surface area contributed by atoms with Crippen LogP contribution in [0.25, 0.3) is 11.3 Å². The second kappa shape index (κ2) is 5.32. The fourth-order valence-corrected chi connectivity index (χ4v) is 1.97. The van der Waals surface area contributed by atoms with E-state index in [-0.39, 0.29) is 17.4 Å². The predicted molar refractivity (Wildman–Crippen MR) is 73.9 cm³/mol. The van der Waals surface area contributed by atoms with Crippen LogP contribution in [0.15, 0.2) is 65.1 Å². The third-order valence-electron chi connectivity index (χ3n) is 3.06. The normalized spacial score (nSPS) is 10.6. The molecule has 0 saturated heterocycles. The van der Waals surface area contributed by atoms with Gasteiger partial charge in [-0.15, -0.1) is 0 Å². The number of carbonyl (C=O) groups excluding carboxylic acids is 1. The van der Waals surface area contributed by atoms with Crippen molar-refractivity contribution in [2.24, 2.45) is 0 Å². The first kappa shape index (κ1) is 13.2. The SMILES string of the molecule is O=C(c1ccc(F)cc1)c1ccc(-c2ccc(F)cc2)o1. The molecule has 0 spiro atoms. The Kier molecular flexibility index (Phi) is 3.36. The van der Waals surface area contributed by atoms with Gasteiger partial charge in [-0.3, -0.25) is 4.79 Å². The van der Waals surface area contributed by atoms with Gasteiger partial charge in [-0.2, -0.15) is 0 Å². The molecule has 0 saturated carbocycles. The van der Waals surface area contributed by atoms with Crippen LogP contribution in [0.5, 0.6) is 0 Å². The second-order valence-electron chi connectivity index (χ2n) is 4.51. The van der Waals surface area contributed by atoms with Gasteiger partial charge in [-0.1, -0.05) is 0 Å². The predicted octanol–water partition coefficient (Wildman–Crippen LogP) is 4.46. The quantitative estimate of drug-likeness (QED) is 0.665. The van der Waals surface area contributed by atoms with E-state index in [1.54, 1.807) is 24.3 Å². The molecule has 3 aromatic rings. The van der Waals surface area contributed by atoms with Crippen molar-refractivity contribution in [1.82, 2.24) is 0 Å². The van der Waals surface area contributed by atoms with Crippen LogP contribution in [0, 0.1) is 11.6 Å². The van der Waals surface area contributed by atoms with Gasteiger partial charge in [0.05, 0.1) is 0 Å². The molecule has 0 bridgehead atoms. The van der Waals surface area contributed by atoms with E-state index in [1.807, 2.05) is 0 Å². The van der Waals surface area contributed by atoms with Crippen LogP contribution in [-0.2, 0) is 0 Å². The summed E-state index contributed by atoms with van der Waals surface area (Å²) in [6.45, 7) is 0. The smallest absolute Gasteiger partial charge is 0.228 e. The van der Waals surface area contributed by atoms with Crippen LogP contribution in [0.3, 0.4) is 0 Å². The van der Waals surface area contributed by atoms with Crippen molar-refractivity contribution in [3.63, 3.8) is 0 Å². The largest absolute Gasteiger partial charge is 0.453 e. The summed E-state index contributed by atoms with van der Waals surface area (Å²) in [5.41, 5.74) is 1.02. The van der Waals surface area contributed by atoms with Crippen molar-refractivity contribution in [3.8, 4) is 11.3 Å². The highest BCUT2D eigenvalue weighted by molar-refractivity contribution is 6.07. The van der Waals surface area contributed by atoms with E-state index in [4.69, 9.17) is 4.42 Å². The van der Waals surface area contributed by atoms with Crippen LogP contribution in [-0.4, -0.2) is 5.78 Å². The molecular weight excluding hydrogens is 274 g/mol. The maximum atomic E-state index is 12.9. The average Bonchev–Trinajstić information content (AvgIpc) is 2.98. The molecule has 2 nitrogen and oxygen atoms in total. The Bertz CT molecular complexity index is 771. The molecule has 0 aliphatic carbocycles. The molecule has 0 N–H and O–H groups in total. The minimum absolute atomic E-state index is 0.154. The summed E-state index contributed by atoms with van der Waals surface area (Å²) < 4.78 is 31.2. The van der Waals surface area contributed by atoms with Crippen molar-refractivity contribution in [2.45, 2.75) is 0 Å². The van der Waals surface area contributed by atoms with E-state index < -0.39 is 5.82 Å². The summed E-state index contributed by atoms with van der Waals surface area (Å²) >= 11 is 0. The molecule has 4 heteroatoms. The molecular formula is C17H10F2O2. The Labute approximate surface area is 119 Å². The topological polar surface area (TPSA) is 30.2 Å². The van der Waals surface area contributed by atoms with Crippen molar-refractivity contribution >= 4 is 5.78 Å². The Balaban J connectivity index is 1.89. The number of rotatable bonds is 3. The average molecular weight is 284 g/mol. The van der Waals surface area contributed by atoms with Crippen LogP contribution >= 0.6 is 0 Å². The minimum Gasteiger partial charge on any atom is -0.453 e. The lowest BCUT2D eigenvalue weighted by Crippen LogP contribution is -1.99. The monoisotopic (exact) mass is 284 g/mol. The van der Waals surface area contributed by atoms with Crippen LogP contribution in [0.1, 0.15) is 16.1 Å². The number of hydrogen-bond acceptors (Lipinski definition) is 2. The lowest BCUT2D eigenvalue weighted by Gasteiger charge is -1.99. The van der Waals surface area contributed by atoms with Crippen molar-refractivity contribution in [3.05, 3.63) is 83.6 Å². The fraction of sp³-hybridized carbons (Fsp3) is 0. The first-order valence-corrected chi connectivity index (χ1v) is 6.29. The molecule has 21 heavy (non-hydrogen) atoms. The third-order valence-corrected chi connectivity index (χ3v) is 3.06. The maximum Gasteiger partial charge on any atom is 0.228 e. The number of halogens is 2. The van der Waals surface area contributed by atoms with E-state index in [0.29, 0.717) is 16.9 Å². The summed E-state index contributed by atoms with van der Waals surface area (Å²) in [5, 5.41) is 0. The van der Waals surface area contributed by atoms with Gasteiger partial charge in [0.25, 0.3) is 0 Å². The third kappa shape index (κ3) is 2.74. The summed E-state index contributed by atoms with van der Waals surface area (Å²) in [6, 6.07) is 14.2. The van der Waals surface area contributed by atoms with E-state index in [9.17, 15) is 13.6 Å². The summed E-state index contributed by atoms with van der Waals surface area (Å²) in [4.78, 5) is 12.2. The van der Waals surface area contributed by atoms with Crippen LogP contribution in [0.4, 0.5) is 8.78 Å². The number of furan rings is 1. The minimum atomic E-state index is -0.405. The van der Waals surface area contributed by atoms with Crippen LogP contribution < -0.4 is 0 Å². The number of benzene rings is 2. The standard InChI is InChI=1S/C17H10F2O2/c18-13-5-1-11(2-6-13)15-9-10-16(21-15)17(20)12-3-7-14(19)8-4-12/h1-10H. The highest BCUT2D eigenvalue weighted by Crippen LogP contribution is 2.23. The zero-order valence-electron chi connectivity index (χ0n) is 10.8. The van der Waals surface area contributed by atoms with Gasteiger partial charge >= 0.3 is 0 Å². The highest BCUT2D eigenvalue weighted by atomic mass is 19.1. The van der Waals surface area contributed by atoms with Crippen LogP contribution in [0.2, 0.25) is 0 Å². The van der Waals surface area contributed by atoms with E-state index in [1.165, 1.54) is 36.4 Å². The molecule has 0 aliphatic heterocycles. The van der Waals surface area contributed by atoms with Gasteiger partial charge < -0.3 is 4.42 Å². The molecule has 0 radical (unpaired) electrons. The summed E-state index contributed by atoms with van der Waals surface area (Å²) in [5.74, 6) is -0.448. The fourth-order valence-electron chi connectivity index (χ4n) is 1.97. The van der Waals surface area contributed by atoms with Crippen molar-refractivity contribution < 1.29 is 18.0 Å². The molecule has 0 unspecified atom stereocenters. The molecule has 0 atom stereocenters. The molecule has 0 amide bonds. The Hall–Kier alpha value is -2.75. The first-order valence-electron chi connectivity index (χ1n) is 6.29. The zero-order chi connectivity index (χ0) is 14.8. The number of hydrogen-bond donors (Lipinski definition) is 0. The maximum absolute atomic E-state index is 12.9. The second-order valence-corrected chi connectivity index (χ2v) is 4.51. The molecule has 104 valence electrons. The summed E-state index contributed by atoms with van der Waals surface area (Å²) in [7, 11) is 0. The molecule has 2 aromatic carbocycles. The lowest BCUT2D eigenvalue weighted by atomic mass is 10.1.